The lowest BCUT2D eigenvalue weighted by Gasteiger charge is -2.35. The van der Waals surface area contributed by atoms with E-state index in [1.54, 1.807) is 13.0 Å². The van der Waals surface area contributed by atoms with Gasteiger partial charge in [-0.2, -0.15) is 0 Å². The second-order valence-electron chi connectivity index (χ2n) is 9.84. The molecule has 2 heterocycles. The molecule has 1 aromatic heterocycles. The van der Waals surface area contributed by atoms with Crippen LogP contribution in [-0.2, 0) is 19.2 Å². The van der Waals surface area contributed by atoms with E-state index in [1.807, 2.05) is 30.3 Å². The molecule has 1 atom stereocenters. The van der Waals surface area contributed by atoms with Crippen molar-refractivity contribution >= 4 is 23.9 Å². The fraction of sp³-hybridized carbons (Fsp3) is 0.500. The van der Waals surface area contributed by atoms with Gasteiger partial charge in [0, 0.05) is 36.7 Å². The number of aliphatic carboxylic acids is 1. The largest absolute Gasteiger partial charge is 0.527 e. The molecule has 12 nitrogen and oxygen atoms in total. The van der Waals surface area contributed by atoms with E-state index in [4.69, 9.17) is 14.6 Å². The molecule has 40 heavy (non-hydrogen) atoms. The van der Waals surface area contributed by atoms with Gasteiger partial charge in [0.15, 0.2) is 5.82 Å². The minimum atomic E-state index is -1.07. The second-order valence-corrected chi connectivity index (χ2v) is 9.84. The van der Waals surface area contributed by atoms with Gasteiger partial charge in [-0.15, -0.1) is 5.06 Å². The summed E-state index contributed by atoms with van der Waals surface area (Å²) in [5.74, 6) is -1.38. The number of carbonyl (C=O) groups is 4. The summed E-state index contributed by atoms with van der Waals surface area (Å²) in [7, 11) is 0. The Labute approximate surface area is 232 Å². The van der Waals surface area contributed by atoms with Crippen LogP contribution in [0.15, 0.2) is 36.4 Å². The summed E-state index contributed by atoms with van der Waals surface area (Å²) in [5.41, 5.74) is 1.71. The molecule has 214 valence electrons. The highest BCUT2D eigenvalue weighted by Crippen LogP contribution is 2.34. The Hall–Kier alpha value is -4.06. The number of carboxylic acid groups (broad SMARTS) is 1. The van der Waals surface area contributed by atoms with Crippen molar-refractivity contribution in [1.82, 2.24) is 25.2 Å². The molecule has 2 N–H and O–H groups in total. The van der Waals surface area contributed by atoms with Crippen LogP contribution in [-0.4, -0.2) is 87.8 Å². The molecule has 1 saturated heterocycles. The fourth-order valence-corrected chi connectivity index (χ4v) is 4.96. The van der Waals surface area contributed by atoms with Crippen LogP contribution in [0.25, 0.3) is 11.4 Å². The van der Waals surface area contributed by atoms with Crippen LogP contribution in [0.4, 0.5) is 4.79 Å². The second kappa shape index (κ2) is 13.8. The number of carbonyl (C=O) groups excluding carboxylic acids is 3. The maximum atomic E-state index is 13.5. The molecule has 1 aliphatic heterocycles. The average Bonchev–Trinajstić information content (AvgIpc) is 3.51. The van der Waals surface area contributed by atoms with Gasteiger partial charge in [-0.1, -0.05) is 43.2 Å². The first-order valence-corrected chi connectivity index (χ1v) is 13.7. The zero-order valence-corrected chi connectivity index (χ0v) is 22.6. The van der Waals surface area contributed by atoms with Crippen molar-refractivity contribution in [2.75, 3.05) is 32.8 Å². The van der Waals surface area contributed by atoms with E-state index < -0.39 is 30.0 Å². The highest BCUT2D eigenvalue weighted by molar-refractivity contribution is 5.96. The molecule has 12 heteroatoms. The molecular weight excluding hydrogens is 518 g/mol. The molecule has 1 aromatic carbocycles. The summed E-state index contributed by atoms with van der Waals surface area (Å²) >= 11 is 0. The van der Waals surface area contributed by atoms with Crippen molar-refractivity contribution in [3.8, 4) is 11.4 Å². The number of amides is 2. The van der Waals surface area contributed by atoms with Crippen molar-refractivity contribution in [2.24, 2.45) is 0 Å². The summed E-state index contributed by atoms with van der Waals surface area (Å²) in [4.78, 5) is 65.7. The third kappa shape index (κ3) is 7.75. The van der Waals surface area contributed by atoms with Crippen molar-refractivity contribution in [3.05, 3.63) is 47.8 Å². The zero-order chi connectivity index (χ0) is 28.5. The predicted octanol–water partition coefficient (Wildman–Crippen LogP) is 3.00. The number of nitrogens with one attached hydrogen (secondary N) is 1. The van der Waals surface area contributed by atoms with Gasteiger partial charge in [-0.05, 0) is 32.3 Å². The lowest BCUT2D eigenvalue weighted by molar-refractivity contribution is -0.157. The maximum absolute atomic E-state index is 13.5. The Morgan fingerprint density at radius 1 is 1.05 bits per heavy atom. The van der Waals surface area contributed by atoms with E-state index >= 15 is 0 Å². The Kier molecular flexibility index (Phi) is 10.0. The molecule has 4 rings (SSSR count). The van der Waals surface area contributed by atoms with Gasteiger partial charge in [0.25, 0.3) is 5.91 Å². The quantitative estimate of drug-likeness (QED) is 0.420. The van der Waals surface area contributed by atoms with Crippen molar-refractivity contribution < 1.29 is 33.9 Å². The summed E-state index contributed by atoms with van der Waals surface area (Å²) in [6.45, 7) is 2.82. The van der Waals surface area contributed by atoms with Gasteiger partial charge in [0.2, 0.25) is 5.91 Å². The van der Waals surface area contributed by atoms with Gasteiger partial charge >= 0.3 is 12.1 Å². The monoisotopic (exact) mass is 553 g/mol. The highest BCUT2D eigenvalue weighted by atomic mass is 16.8. The van der Waals surface area contributed by atoms with Crippen LogP contribution in [0.1, 0.15) is 67.5 Å². The van der Waals surface area contributed by atoms with Crippen LogP contribution >= 0.6 is 0 Å². The molecular formula is C28H35N5O7. The lowest BCUT2D eigenvalue weighted by Crippen LogP contribution is -2.55. The number of hydrogen-bond acceptors (Lipinski definition) is 9. The standard InChI is InChI=1S/C28H35N5O7/c1-2-39-28(38)40-33-16-14-32(15-17-33)27(37)21(12-13-24(34)35)31-26(36)23-18-22(19-8-6-7-9-19)29-25(30-23)20-10-4-3-5-11-20/h3-5,10-11,18-19,21H,2,6-9,12-17H2,1H3,(H,31,36)(H,34,35)/t21-/m0/s1. The zero-order valence-electron chi connectivity index (χ0n) is 22.6. The SMILES string of the molecule is CCOC(=O)ON1CCN(C(=O)[C@H](CCC(=O)O)NC(=O)c2cc(C3CCCC3)nc(-c3ccccc3)n2)CC1. The minimum Gasteiger partial charge on any atom is -0.481 e. The number of ether oxygens (including phenoxy) is 1. The lowest BCUT2D eigenvalue weighted by atomic mass is 10.0. The predicted molar refractivity (Wildman–Crippen MR) is 143 cm³/mol. The van der Waals surface area contributed by atoms with Crippen LogP contribution in [0.3, 0.4) is 0 Å². The topological polar surface area (TPSA) is 151 Å². The Balaban J connectivity index is 1.50. The smallest absolute Gasteiger partial charge is 0.481 e. The summed E-state index contributed by atoms with van der Waals surface area (Å²) in [5, 5.41) is 13.4. The van der Waals surface area contributed by atoms with Gasteiger partial charge in [-0.25, -0.2) is 14.8 Å². The number of piperazine rings is 1. The van der Waals surface area contributed by atoms with E-state index in [2.05, 4.69) is 10.3 Å². The fourth-order valence-electron chi connectivity index (χ4n) is 4.96. The van der Waals surface area contributed by atoms with Crippen molar-refractivity contribution in [3.63, 3.8) is 0 Å². The molecule has 1 aliphatic carbocycles. The van der Waals surface area contributed by atoms with Gasteiger partial charge < -0.3 is 24.9 Å². The molecule has 1 saturated carbocycles. The first-order chi connectivity index (χ1) is 19.3. The van der Waals surface area contributed by atoms with E-state index in [-0.39, 0.29) is 57.2 Å². The number of benzene rings is 1. The summed E-state index contributed by atoms with van der Waals surface area (Å²) in [6.07, 6.45) is 2.98. The molecule has 2 aromatic rings. The van der Waals surface area contributed by atoms with Crippen LogP contribution in [0, 0.1) is 0 Å². The van der Waals surface area contributed by atoms with E-state index in [0.717, 1.165) is 36.9 Å². The van der Waals surface area contributed by atoms with Gasteiger partial charge in [0.05, 0.1) is 19.7 Å². The third-order valence-corrected chi connectivity index (χ3v) is 7.05. The summed E-state index contributed by atoms with van der Waals surface area (Å²) < 4.78 is 4.78. The molecule has 2 aliphatic rings. The van der Waals surface area contributed by atoms with Crippen molar-refractivity contribution in [2.45, 2.75) is 57.4 Å². The molecule has 0 radical (unpaired) electrons. The molecule has 0 unspecified atom stereocenters. The number of hydroxylamine groups is 2. The molecule has 2 amide bonds. The number of hydrogen-bond donors (Lipinski definition) is 2. The normalized spacial score (nSPS) is 16.8. The Bertz CT molecular complexity index is 1190. The number of rotatable bonds is 10. The van der Waals surface area contributed by atoms with E-state index in [1.165, 1.54) is 9.96 Å². The van der Waals surface area contributed by atoms with Crippen LogP contribution < -0.4 is 5.32 Å². The third-order valence-electron chi connectivity index (χ3n) is 7.05. The molecule has 2 fully saturated rings. The molecule has 0 bridgehead atoms. The van der Waals surface area contributed by atoms with Crippen LogP contribution in [0.5, 0.6) is 0 Å². The average molecular weight is 554 g/mol. The van der Waals surface area contributed by atoms with Gasteiger partial charge in [-0.3, -0.25) is 14.4 Å². The first kappa shape index (κ1) is 28.9. The Morgan fingerprint density at radius 2 is 1.75 bits per heavy atom. The highest BCUT2D eigenvalue weighted by Gasteiger charge is 2.31. The van der Waals surface area contributed by atoms with E-state index in [9.17, 15) is 24.3 Å². The maximum Gasteiger partial charge on any atom is 0.527 e. The first-order valence-electron chi connectivity index (χ1n) is 13.7. The van der Waals surface area contributed by atoms with Crippen molar-refractivity contribution in [1.29, 1.82) is 0 Å². The molecule has 0 spiro atoms. The van der Waals surface area contributed by atoms with Gasteiger partial charge in [0.1, 0.15) is 11.7 Å². The van der Waals surface area contributed by atoms with Crippen LogP contribution in [0.2, 0.25) is 0 Å². The Morgan fingerprint density at radius 3 is 2.40 bits per heavy atom. The van der Waals surface area contributed by atoms with E-state index in [0.29, 0.717) is 5.82 Å². The summed E-state index contributed by atoms with van der Waals surface area (Å²) in [6, 6.07) is 10.0. The number of carboxylic acids is 1. The minimum absolute atomic E-state index is 0.0778. The number of aromatic nitrogens is 2. The number of nitrogens with zero attached hydrogens (tertiary/aromatic N) is 4.